The smallest absolute Gasteiger partial charge is 0.303 e. The number of rotatable bonds is 6. The van der Waals surface area contributed by atoms with Gasteiger partial charge >= 0.3 is 5.97 Å². The Morgan fingerprint density at radius 1 is 1.57 bits per heavy atom. The van der Waals surface area contributed by atoms with Crippen LogP contribution in [0.15, 0.2) is 11.4 Å². The number of anilines is 1. The molecule has 2 N–H and O–H groups in total. The maximum absolute atomic E-state index is 12.0. The van der Waals surface area contributed by atoms with Crippen LogP contribution in [0.2, 0.25) is 0 Å². The minimum absolute atomic E-state index is 0.132. The fourth-order valence-corrected chi connectivity index (χ4v) is 3.24. The number of hydrogen-bond donors (Lipinski definition) is 2. The average Bonchev–Trinajstić information content (AvgIpc) is 3.05. The fraction of sp³-hybridized carbons (Fsp3) is 0.500. The zero-order valence-corrected chi connectivity index (χ0v) is 12.4. The van der Waals surface area contributed by atoms with Gasteiger partial charge < -0.3 is 10.4 Å². The summed E-state index contributed by atoms with van der Waals surface area (Å²) in [6.45, 7) is 1.86. The second-order valence-corrected chi connectivity index (χ2v) is 6.06. The summed E-state index contributed by atoms with van der Waals surface area (Å²) in [5.41, 5.74) is 0.481. The molecule has 1 aliphatic rings. The van der Waals surface area contributed by atoms with Crippen LogP contribution in [0.1, 0.15) is 24.8 Å². The number of amides is 1. The summed E-state index contributed by atoms with van der Waals surface area (Å²) in [5.74, 6) is -0.550. The lowest BCUT2D eigenvalue weighted by Gasteiger charge is -2.15. The molecule has 1 aromatic heterocycles. The predicted octanol–water partition coefficient (Wildman–Crippen LogP) is 1.74. The first-order valence-corrected chi connectivity index (χ1v) is 7.68. The van der Waals surface area contributed by atoms with Crippen LogP contribution in [0.4, 0.5) is 5.00 Å². The van der Waals surface area contributed by atoms with Gasteiger partial charge in [-0.2, -0.15) is 5.26 Å². The van der Waals surface area contributed by atoms with Crippen LogP contribution in [0, 0.1) is 17.2 Å². The Hall–Kier alpha value is -1.91. The number of hydrogen-bond acceptors (Lipinski definition) is 5. The van der Waals surface area contributed by atoms with E-state index in [1.54, 1.807) is 11.4 Å². The van der Waals surface area contributed by atoms with Crippen molar-refractivity contribution >= 4 is 28.2 Å². The van der Waals surface area contributed by atoms with Gasteiger partial charge in [-0.15, -0.1) is 11.3 Å². The third kappa shape index (κ3) is 4.55. The van der Waals surface area contributed by atoms with Crippen molar-refractivity contribution < 1.29 is 14.7 Å². The molecule has 6 nitrogen and oxygen atoms in total. The molecule has 1 aromatic rings. The number of nitrogens with zero attached hydrogens (tertiary/aromatic N) is 2. The Morgan fingerprint density at radius 3 is 3.10 bits per heavy atom. The zero-order valence-electron chi connectivity index (χ0n) is 11.5. The molecule has 1 amide bonds. The van der Waals surface area contributed by atoms with Crippen molar-refractivity contribution in [2.45, 2.75) is 19.3 Å². The zero-order chi connectivity index (χ0) is 15.2. The van der Waals surface area contributed by atoms with Crippen LogP contribution < -0.4 is 5.32 Å². The number of carboxylic acid groups (broad SMARTS) is 1. The van der Waals surface area contributed by atoms with E-state index in [-0.39, 0.29) is 18.9 Å². The predicted molar refractivity (Wildman–Crippen MR) is 79.1 cm³/mol. The number of carbonyl (C=O) groups is 2. The van der Waals surface area contributed by atoms with Gasteiger partial charge in [0, 0.05) is 13.0 Å². The molecule has 1 unspecified atom stereocenters. The van der Waals surface area contributed by atoms with E-state index in [0.29, 0.717) is 22.9 Å². The van der Waals surface area contributed by atoms with Crippen LogP contribution in [-0.4, -0.2) is 41.5 Å². The van der Waals surface area contributed by atoms with Crippen molar-refractivity contribution in [3.05, 3.63) is 17.0 Å². The van der Waals surface area contributed by atoms with Gasteiger partial charge in [0.2, 0.25) is 5.91 Å². The van der Waals surface area contributed by atoms with E-state index in [1.807, 2.05) is 11.0 Å². The summed E-state index contributed by atoms with van der Waals surface area (Å²) in [6, 6.07) is 3.71. The maximum atomic E-state index is 12.0. The third-order valence-corrected chi connectivity index (χ3v) is 4.37. The van der Waals surface area contributed by atoms with Crippen LogP contribution in [0.25, 0.3) is 0 Å². The summed E-state index contributed by atoms with van der Waals surface area (Å²) in [7, 11) is 0. The lowest BCUT2D eigenvalue weighted by atomic mass is 10.0. The van der Waals surface area contributed by atoms with Crippen LogP contribution in [0.3, 0.4) is 0 Å². The molecular weight excluding hydrogens is 290 g/mol. The van der Waals surface area contributed by atoms with E-state index in [1.165, 1.54) is 11.3 Å². The van der Waals surface area contributed by atoms with Crippen molar-refractivity contribution in [1.82, 2.24) is 4.90 Å². The molecule has 21 heavy (non-hydrogen) atoms. The summed E-state index contributed by atoms with van der Waals surface area (Å²) < 4.78 is 0. The molecule has 0 aromatic carbocycles. The van der Waals surface area contributed by atoms with Gasteiger partial charge in [0.15, 0.2) is 0 Å². The maximum Gasteiger partial charge on any atom is 0.303 e. The number of thiophene rings is 1. The molecule has 0 spiro atoms. The van der Waals surface area contributed by atoms with Gasteiger partial charge in [-0.3, -0.25) is 14.5 Å². The van der Waals surface area contributed by atoms with Crippen molar-refractivity contribution in [3.63, 3.8) is 0 Å². The molecule has 0 aliphatic carbocycles. The molecule has 0 saturated carbocycles. The molecule has 1 saturated heterocycles. The monoisotopic (exact) mass is 307 g/mol. The number of aliphatic carboxylic acids is 1. The highest BCUT2D eigenvalue weighted by atomic mass is 32.1. The molecule has 2 rings (SSSR count). The van der Waals surface area contributed by atoms with Crippen molar-refractivity contribution in [3.8, 4) is 6.07 Å². The molecule has 112 valence electrons. The molecule has 0 bridgehead atoms. The number of nitrogens with one attached hydrogen (secondary N) is 1. The molecule has 2 heterocycles. The van der Waals surface area contributed by atoms with Gasteiger partial charge in [-0.25, -0.2) is 0 Å². The molecule has 1 atom stereocenters. The summed E-state index contributed by atoms with van der Waals surface area (Å²) in [4.78, 5) is 24.5. The minimum Gasteiger partial charge on any atom is -0.481 e. The highest BCUT2D eigenvalue weighted by Gasteiger charge is 2.24. The molecule has 7 heteroatoms. The largest absolute Gasteiger partial charge is 0.481 e. The van der Waals surface area contributed by atoms with Crippen LogP contribution in [0.5, 0.6) is 0 Å². The Balaban J connectivity index is 1.77. The first-order chi connectivity index (χ1) is 10.1. The number of likely N-dealkylation sites (tertiary alicyclic amines) is 1. The molecule has 1 fully saturated rings. The van der Waals surface area contributed by atoms with Gasteiger partial charge in [0.25, 0.3) is 0 Å². The average molecular weight is 307 g/mol. The second kappa shape index (κ2) is 7.20. The van der Waals surface area contributed by atoms with E-state index in [0.717, 1.165) is 19.5 Å². The standard InChI is InChI=1S/C14H17N3O3S/c15-7-11-4-6-21-14(11)16-12(18)9-17-5-3-10(8-17)1-2-13(19)20/h4,6,10H,1-3,5,8-9H2,(H,16,18)(H,19,20). The van der Waals surface area contributed by atoms with Crippen molar-refractivity contribution in [1.29, 1.82) is 5.26 Å². The van der Waals surface area contributed by atoms with E-state index >= 15 is 0 Å². The van der Waals surface area contributed by atoms with E-state index in [2.05, 4.69) is 5.32 Å². The van der Waals surface area contributed by atoms with Crippen LogP contribution in [-0.2, 0) is 9.59 Å². The first kappa shape index (κ1) is 15.5. The quantitative estimate of drug-likeness (QED) is 0.835. The summed E-state index contributed by atoms with van der Waals surface area (Å²) >= 11 is 1.33. The van der Waals surface area contributed by atoms with Crippen molar-refractivity contribution in [2.24, 2.45) is 5.92 Å². The Kier molecular flexibility index (Phi) is 5.31. The Labute approximate surface area is 127 Å². The number of carboxylic acids is 1. The lowest BCUT2D eigenvalue weighted by Crippen LogP contribution is -2.31. The highest BCUT2D eigenvalue weighted by Crippen LogP contribution is 2.23. The van der Waals surface area contributed by atoms with Gasteiger partial charge in [-0.05, 0) is 36.8 Å². The summed E-state index contributed by atoms with van der Waals surface area (Å²) in [6.07, 6.45) is 1.78. The Bertz CT molecular complexity index is 564. The van der Waals surface area contributed by atoms with E-state index in [4.69, 9.17) is 10.4 Å². The number of nitriles is 1. The Morgan fingerprint density at radius 2 is 2.38 bits per heavy atom. The van der Waals surface area contributed by atoms with Crippen LogP contribution >= 0.6 is 11.3 Å². The van der Waals surface area contributed by atoms with E-state index in [9.17, 15) is 9.59 Å². The summed E-state index contributed by atoms with van der Waals surface area (Å²) in [5, 5.41) is 22.7. The van der Waals surface area contributed by atoms with Gasteiger partial charge in [-0.1, -0.05) is 0 Å². The molecular formula is C14H17N3O3S. The second-order valence-electron chi connectivity index (χ2n) is 5.15. The van der Waals surface area contributed by atoms with E-state index < -0.39 is 5.97 Å². The highest BCUT2D eigenvalue weighted by molar-refractivity contribution is 7.14. The topological polar surface area (TPSA) is 93.4 Å². The number of carbonyl (C=O) groups excluding carboxylic acids is 1. The van der Waals surface area contributed by atoms with Crippen molar-refractivity contribution in [2.75, 3.05) is 25.0 Å². The lowest BCUT2D eigenvalue weighted by molar-refractivity contribution is -0.137. The first-order valence-electron chi connectivity index (χ1n) is 6.80. The van der Waals surface area contributed by atoms with Gasteiger partial charge in [0.05, 0.1) is 12.1 Å². The third-order valence-electron chi connectivity index (χ3n) is 3.54. The SMILES string of the molecule is N#Cc1ccsc1NC(=O)CN1CCC(CCC(=O)O)C1. The molecule has 0 radical (unpaired) electrons. The molecule has 1 aliphatic heterocycles. The minimum atomic E-state index is -0.770. The normalized spacial score (nSPS) is 18.3. The fourth-order valence-electron chi connectivity index (χ4n) is 2.48. The van der Waals surface area contributed by atoms with Gasteiger partial charge in [0.1, 0.15) is 11.1 Å².